The van der Waals surface area contributed by atoms with E-state index in [-0.39, 0.29) is 29.4 Å². The maximum atomic E-state index is 12.7. The van der Waals surface area contributed by atoms with Crippen LogP contribution in [-0.2, 0) is 4.79 Å². The lowest BCUT2D eigenvalue weighted by Gasteiger charge is -2.40. The molecule has 1 amide bonds. The second-order valence-corrected chi connectivity index (χ2v) is 7.79. The molecule has 1 N–H and O–H groups in total. The number of amides is 1. The highest BCUT2D eigenvalue weighted by Gasteiger charge is 2.39. The summed E-state index contributed by atoms with van der Waals surface area (Å²) in [6, 6.07) is 0. The number of carbonyl (C=O) groups is 1. The fraction of sp³-hybridized carbons (Fsp3) is 0.938. The van der Waals surface area contributed by atoms with E-state index in [1.165, 1.54) is 0 Å². The minimum absolute atomic E-state index is 0.142. The van der Waals surface area contributed by atoms with Gasteiger partial charge in [-0.05, 0) is 45.6 Å². The van der Waals surface area contributed by atoms with E-state index in [0.717, 1.165) is 19.5 Å². The predicted molar refractivity (Wildman–Crippen MR) is 80.3 cm³/mol. The molecule has 0 radical (unpaired) electrons. The molecule has 4 heteroatoms. The molecule has 0 spiro atoms. The van der Waals surface area contributed by atoms with E-state index in [9.17, 15) is 9.90 Å². The molecule has 0 aromatic heterocycles. The maximum absolute atomic E-state index is 12.7. The van der Waals surface area contributed by atoms with Gasteiger partial charge in [-0.3, -0.25) is 9.69 Å². The molecule has 0 aromatic carbocycles. The van der Waals surface area contributed by atoms with Crippen LogP contribution in [0.4, 0.5) is 0 Å². The monoisotopic (exact) mass is 282 g/mol. The average molecular weight is 282 g/mol. The Hall–Kier alpha value is -0.610. The van der Waals surface area contributed by atoms with Crippen molar-refractivity contribution in [3.63, 3.8) is 0 Å². The van der Waals surface area contributed by atoms with E-state index < -0.39 is 0 Å². The molecule has 2 fully saturated rings. The van der Waals surface area contributed by atoms with Gasteiger partial charge < -0.3 is 10.0 Å². The zero-order valence-electron chi connectivity index (χ0n) is 13.6. The number of nitrogens with zero attached hydrogens (tertiary/aromatic N) is 2. The van der Waals surface area contributed by atoms with Crippen LogP contribution in [0.15, 0.2) is 0 Å². The summed E-state index contributed by atoms with van der Waals surface area (Å²) in [7, 11) is 0. The molecule has 0 aliphatic carbocycles. The van der Waals surface area contributed by atoms with E-state index in [2.05, 4.69) is 25.7 Å². The summed E-state index contributed by atoms with van der Waals surface area (Å²) in [5.74, 6) is 0.803. The molecule has 4 nitrogen and oxygen atoms in total. The van der Waals surface area contributed by atoms with Crippen LogP contribution < -0.4 is 0 Å². The van der Waals surface area contributed by atoms with Gasteiger partial charge in [-0.15, -0.1) is 0 Å². The molecule has 20 heavy (non-hydrogen) atoms. The molecule has 0 aromatic rings. The van der Waals surface area contributed by atoms with Gasteiger partial charge in [0, 0.05) is 25.2 Å². The Labute approximate surface area is 123 Å². The zero-order chi connectivity index (χ0) is 15.1. The summed E-state index contributed by atoms with van der Waals surface area (Å²) in [6.45, 7) is 14.0. The molecular formula is C16H30N2O2. The first kappa shape index (κ1) is 15.8. The first-order valence-corrected chi connectivity index (χ1v) is 7.92. The van der Waals surface area contributed by atoms with Crippen molar-refractivity contribution in [2.24, 2.45) is 17.8 Å². The number of aliphatic hydroxyl groups is 1. The number of rotatable bonds is 1. The number of aliphatic hydroxyl groups excluding tert-OH is 1. The van der Waals surface area contributed by atoms with Crippen molar-refractivity contribution in [3.8, 4) is 0 Å². The highest BCUT2D eigenvalue weighted by Crippen LogP contribution is 2.28. The Bertz CT molecular complexity index is 352. The number of piperidine rings is 1. The molecular weight excluding hydrogens is 252 g/mol. The van der Waals surface area contributed by atoms with E-state index in [1.807, 2.05) is 18.7 Å². The summed E-state index contributed by atoms with van der Waals surface area (Å²) in [6.07, 6.45) is 0.700. The lowest BCUT2D eigenvalue weighted by Crippen LogP contribution is -2.51. The minimum atomic E-state index is -0.270. The van der Waals surface area contributed by atoms with Crippen LogP contribution in [0, 0.1) is 17.8 Å². The summed E-state index contributed by atoms with van der Waals surface area (Å²) >= 11 is 0. The Morgan fingerprint density at radius 1 is 1.10 bits per heavy atom. The van der Waals surface area contributed by atoms with E-state index >= 15 is 0 Å². The number of carbonyl (C=O) groups excluding carboxylic acids is 1. The van der Waals surface area contributed by atoms with Gasteiger partial charge >= 0.3 is 0 Å². The van der Waals surface area contributed by atoms with Crippen molar-refractivity contribution in [1.29, 1.82) is 0 Å². The van der Waals surface area contributed by atoms with Crippen LogP contribution in [0.1, 0.15) is 41.0 Å². The molecule has 2 heterocycles. The fourth-order valence-corrected chi connectivity index (χ4v) is 3.56. The first-order valence-electron chi connectivity index (χ1n) is 7.92. The Morgan fingerprint density at radius 3 is 2.10 bits per heavy atom. The van der Waals surface area contributed by atoms with Crippen molar-refractivity contribution in [2.75, 3.05) is 26.2 Å². The molecule has 2 saturated heterocycles. The lowest BCUT2D eigenvalue weighted by atomic mass is 9.87. The molecule has 0 saturated carbocycles. The van der Waals surface area contributed by atoms with Crippen molar-refractivity contribution < 1.29 is 9.90 Å². The SMILES string of the molecule is CC1CN(C(=O)C2CCN(C(C)(C)C)C2)CC(C)C1O. The van der Waals surface area contributed by atoms with Crippen LogP contribution in [0.3, 0.4) is 0 Å². The fourth-order valence-electron chi connectivity index (χ4n) is 3.56. The van der Waals surface area contributed by atoms with Gasteiger partial charge in [-0.1, -0.05) is 13.8 Å². The first-order chi connectivity index (χ1) is 9.20. The number of hydrogen-bond donors (Lipinski definition) is 1. The molecule has 0 bridgehead atoms. The highest BCUT2D eigenvalue weighted by atomic mass is 16.3. The van der Waals surface area contributed by atoms with Gasteiger partial charge in [0.05, 0.1) is 12.0 Å². The van der Waals surface area contributed by atoms with Crippen molar-refractivity contribution >= 4 is 5.91 Å². The van der Waals surface area contributed by atoms with Crippen LogP contribution in [0.2, 0.25) is 0 Å². The molecule has 2 aliphatic rings. The van der Waals surface area contributed by atoms with Gasteiger partial charge in [0.1, 0.15) is 0 Å². The topological polar surface area (TPSA) is 43.8 Å². The number of hydrogen-bond acceptors (Lipinski definition) is 3. The summed E-state index contributed by atoms with van der Waals surface area (Å²) in [5, 5.41) is 10.0. The van der Waals surface area contributed by atoms with Crippen molar-refractivity contribution in [3.05, 3.63) is 0 Å². The van der Waals surface area contributed by atoms with Crippen LogP contribution in [0.25, 0.3) is 0 Å². The van der Waals surface area contributed by atoms with Gasteiger partial charge in [-0.2, -0.15) is 0 Å². The standard InChI is InChI=1S/C16H30N2O2/c1-11-8-17(9-12(2)14(11)19)15(20)13-6-7-18(10-13)16(3,4)5/h11-14,19H,6-10H2,1-5H3. The largest absolute Gasteiger partial charge is 0.392 e. The summed E-state index contributed by atoms with van der Waals surface area (Å²) < 4.78 is 0. The summed E-state index contributed by atoms with van der Waals surface area (Å²) in [4.78, 5) is 17.1. The molecule has 3 unspecified atom stereocenters. The van der Waals surface area contributed by atoms with Crippen LogP contribution in [0.5, 0.6) is 0 Å². The second-order valence-electron chi connectivity index (χ2n) is 7.79. The normalized spacial score (nSPS) is 36.4. The Kier molecular flexibility index (Phi) is 4.45. The number of likely N-dealkylation sites (tertiary alicyclic amines) is 2. The maximum Gasteiger partial charge on any atom is 0.227 e. The van der Waals surface area contributed by atoms with Gasteiger partial charge in [0.15, 0.2) is 0 Å². The second kappa shape index (κ2) is 5.64. The van der Waals surface area contributed by atoms with Gasteiger partial charge in [0.25, 0.3) is 0 Å². The highest BCUT2D eigenvalue weighted by molar-refractivity contribution is 5.79. The third kappa shape index (κ3) is 3.17. The van der Waals surface area contributed by atoms with Gasteiger partial charge in [0.2, 0.25) is 5.91 Å². The molecule has 3 atom stereocenters. The predicted octanol–water partition coefficient (Wildman–Crippen LogP) is 1.58. The lowest BCUT2D eigenvalue weighted by molar-refractivity contribution is -0.141. The summed E-state index contributed by atoms with van der Waals surface area (Å²) in [5.41, 5.74) is 0.147. The zero-order valence-corrected chi connectivity index (χ0v) is 13.6. The van der Waals surface area contributed by atoms with Gasteiger partial charge in [-0.25, -0.2) is 0 Å². The van der Waals surface area contributed by atoms with Crippen molar-refractivity contribution in [1.82, 2.24) is 9.80 Å². The van der Waals surface area contributed by atoms with E-state index in [4.69, 9.17) is 0 Å². The average Bonchev–Trinajstić information content (AvgIpc) is 2.83. The minimum Gasteiger partial charge on any atom is -0.392 e. The van der Waals surface area contributed by atoms with Crippen LogP contribution in [-0.4, -0.2) is 58.6 Å². The Balaban J connectivity index is 1.96. The molecule has 116 valence electrons. The third-order valence-electron chi connectivity index (χ3n) is 4.98. The van der Waals surface area contributed by atoms with E-state index in [1.54, 1.807) is 0 Å². The van der Waals surface area contributed by atoms with Crippen LogP contribution >= 0.6 is 0 Å². The Morgan fingerprint density at radius 2 is 1.65 bits per heavy atom. The smallest absolute Gasteiger partial charge is 0.227 e. The molecule has 2 rings (SSSR count). The third-order valence-corrected chi connectivity index (χ3v) is 4.98. The van der Waals surface area contributed by atoms with Crippen molar-refractivity contribution in [2.45, 2.75) is 52.7 Å². The quantitative estimate of drug-likeness (QED) is 0.794. The van der Waals surface area contributed by atoms with E-state index in [0.29, 0.717) is 19.0 Å². The molecule has 2 aliphatic heterocycles.